The van der Waals surface area contributed by atoms with E-state index in [1.807, 2.05) is 0 Å². The molecule has 102 valence electrons. The lowest BCUT2D eigenvalue weighted by molar-refractivity contribution is -0.385. The lowest BCUT2D eigenvalue weighted by Gasteiger charge is -2.11. The quantitative estimate of drug-likeness (QED) is 0.510. The number of aryl methyl sites for hydroxylation is 1. The second kappa shape index (κ2) is 5.94. The Morgan fingerprint density at radius 1 is 1.37 bits per heavy atom. The van der Waals surface area contributed by atoms with Crippen LogP contribution in [0.5, 0.6) is 0 Å². The van der Waals surface area contributed by atoms with Crippen LogP contribution in [0.4, 0.5) is 11.4 Å². The first-order chi connectivity index (χ1) is 8.81. The third-order valence-corrected chi connectivity index (χ3v) is 2.36. The Labute approximate surface area is 109 Å². The molecule has 1 aromatic carbocycles. The Balaban J connectivity index is 3.19. The van der Waals surface area contributed by atoms with Crippen LogP contribution in [-0.4, -0.2) is 16.8 Å². The molecule has 19 heavy (non-hydrogen) atoms. The van der Waals surface area contributed by atoms with Crippen LogP contribution in [0, 0.1) is 17.0 Å². The molecular weight excluding hydrogens is 252 g/mol. The SMILES string of the molecule is CC(=O)Nc1cc([N+](=O)[O-])c(C)cc1COC(C)=O. The number of nitro benzene ring substituents is 1. The molecule has 7 nitrogen and oxygen atoms in total. The van der Waals surface area contributed by atoms with Gasteiger partial charge < -0.3 is 10.1 Å². The Kier molecular flexibility index (Phi) is 4.57. The normalized spacial score (nSPS) is 9.84. The number of nitrogens with one attached hydrogen (secondary N) is 1. The van der Waals surface area contributed by atoms with Gasteiger partial charge >= 0.3 is 5.97 Å². The average Bonchev–Trinajstić information content (AvgIpc) is 2.27. The monoisotopic (exact) mass is 266 g/mol. The molecular formula is C12H14N2O5. The largest absolute Gasteiger partial charge is 0.461 e. The summed E-state index contributed by atoms with van der Waals surface area (Å²) in [6, 6.07) is 2.78. The highest BCUT2D eigenvalue weighted by Crippen LogP contribution is 2.27. The molecule has 0 saturated heterocycles. The van der Waals surface area contributed by atoms with E-state index in [0.29, 0.717) is 11.1 Å². The highest BCUT2D eigenvalue weighted by Gasteiger charge is 2.16. The van der Waals surface area contributed by atoms with Gasteiger partial charge in [0.25, 0.3) is 5.69 Å². The fourth-order valence-electron chi connectivity index (χ4n) is 1.56. The average molecular weight is 266 g/mol. The van der Waals surface area contributed by atoms with Gasteiger partial charge in [-0.2, -0.15) is 0 Å². The van der Waals surface area contributed by atoms with Crippen molar-refractivity contribution in [2.45, 2.75) is 27.4 Å². The molecule has 1 N–H and O–H groups in total. The van der Waals surface area contributed by atoms with E-state index < -0.39 is 10.9 Å². The van der Waals surface area contributed by atoms with Crippen LogP contribution < -0.4 is 5.32 Å². The number of benzene rings is 1. The molecule has 0 saturated carbocycles. The summed E-state index contributed by atoms with van der Waals surface area (Å²) in [6.07, 6.45) is 0. The topological polar surface area (TPSA) is 98.5 Å². The van der Waals surface area contributed by atoms with Crippen molar-refractivity contribution >= 4 is 23.3 Å². The Morgan fingerprint density at radius 3 is 2.47 bits per heavy atom. The number of anilines is 1. The van der Waals surface area contributed by atoms with E-state index in [1.54, 1.807) is 6.92 Å². The minimum absolute atomic E-state index is 0.0518. The van der Waals surface area contributed by atoms with Crippen molar-refractivity contribution in [3.63, 3.8) is 0 Å². The van der Waals surface area contributed by atoms with Crippen LogP contribution >= 0.6 is 0 Å². The number of hydrogen-bond acceptors (Lipinski definition) is 5. The number of nitrogens with zero attached hydrogens (tertiary/aromatic N) is 1. The number of rotatable bonds is 4. The Bertz CT molecular complexity index is 539. The number of hydrogen-bond donors (Lipinski definition) is 1. The predicted octanol–water partition coefficient (Wildman–Crippen LogP) is 1.92. The maximum absolute atomic E-state index is 11.1. The zero-order chi connectivity index (χ0) is 14.6. The van der Waals surface area contributed by atoms with Crippen molar-refractivity contribution in [2.75, 3.05) is 5.32 Å². The van der Waals surface area contributed by atoms with Crippen molar-refractivity contribution in [1.82, 2.24) is 0 Å². The van der Waals surface area contributed by atoms with Gasteiger partial charge in [-0.05, 0) is 13.0 Å². The van der Waals surface area contributed by atoms with E-state index in [9.17, 15) is 19.7 Å². The first-order valence-electron chi connectivity index (χ1n) is 5.50. The number of amides is 1. The maximum Gasteiger partial charge on any atom is 0.302 e. The van der Waals surface area contributed by atoms with Crippen molar-refractivity contribution in [3.05, 3.63) is 33.4 Å². The first kappa shape index (κ1) is 14.6. The molecule has 0 bridgehead atoms. The molecule has 0 radical (unpaired) electrons. The van der Waals surface area contributed by atoms with Gasteiger partial charge in [0.15, 0.2) is 0 Å². The summed E-state index contributed by atoms with van der Waals surface area (Å²) in [5.74, 6) is -0.827. The predicted molar refractivity (Wildman–Crippen MR) is 67.6 cm³/mol. The Hall–Kier alpha value is -2.44. The van der Waals surface area contributed by atoms with Crippen LogP contribution in [0.25, 0.3) is 0 Å². The molecule has 0 aliphatic rings. The third-order valence-electron chi connectivity index (χ3n) is 2.36. The van der Waals surface area contributed by atoms with Gasteiger partial charge in [-0.25, -0.2) is 0 Å². The molecule has 0 heterocycles. The fourth-order valence-corrected chi connectivity index (χ4v) is 1.56. The van der Waals surface area contributed by atoms with Crippen LogP contribution in [0.2, 0.25) is 0 Å². The molecule has 0 spiro atoms. The zero-order valence-corrected chi connectivity index (χ0v) is 10.9. The van der Waals surface area contributed by atoms with E-state index in [1.165, 1.54) is 26.0 Å². The van der Waals surface area contributed by atoms with Gasteiger partial charge in [0, 0.05) is 31.0 Å². The molecule has 7 heteroatoms. The van der Waals surface area contributed by atoms with Crippen molar-refractivity contribution in [2.24, 2.45) is 0 Å². The summed E-state index contributed by atoms with van der Waals surface area (Å²) in [5.41, 5.74) is 1.11. The maximum atomic E-state index is 11.1. The minimum atomic E-state index is -0.531. The summed E-state index contributed by atoms with van der Waals surface area (Å²) >= 11 is 0. The molecule has 0 fully saturated rings. The van der Waals surface area contributed by atoms with Crippen molar-refractivity contribution in [3.8, 4) is 0 Å². The fraction of sp³-hybridized carbons (Fsp3) is 0.333. The van der Waals surface area contributed by atoms with E-state index in [0.717, 1.165) is 0 Å². The van der Waals surface area contributed by atoms with Gasteiger partial charge in [-0.1, -0.05) is 0 Å². The van der Waals surface area contributed by atoms with Gasteiger partial charge in [-0.15, -0.1) is 0 Å². The van der Waals surface area contributed by atoms with Gasteiger partial charge in [-0.3, -0.25) is 19.7 Å². The number of nitro groups is 1. The summed E-state index contributed by atoms with van der Waals surface area (Å²) in [6.45, 7) is 4.08. The lowest BCUT2D eigenvalue weighted by Crippen LogP contribution is -2.10. The van der Waals surface area contributed by atoms with Crippen molar-refractivity contribution in [1.29, 1.82) is 0 Å². The number of carbonyl (C=O) groups excluding carboxylic acids is 2. The second-order valence-corrected chi connectivity index (χ2v) is 4.01. The highest BCUT2D eigenvalue weighted by molar-refractivity contribution is 5.90. The number of carbonyl (C=O) groups is 2. The van der Waals surface area contributed by atoms with Crippen molar-refractivity contribution < 1.29 is 19.2 Å². The van der Waals surface area contributed by atoms with E-state index >= 15 is 0 Å². The lowest BCUT2D eigenvalue weighted by atomic mass is 10.1. The Morgan fingerprint density at radius 2 is 2.00 bits per heavy atom. The summed E-state index contributed by atoms with van der Waals surface area (Å²) in [7, 11) is 0. The molecule has 0 aliphatic heterocycles. The van der Waals surface area contributed by atoms with Crippen LogP contribution in [-0.2, 0) is 20.9 Å². The molecule has 0 unspecified atom stereocenters. The van der Waals surface area contributed by atoms with Crippen LogP contribution in [0.15, 0.2) is 12.1 Å². The third kappa shape index (κ3) is 4.06. The van der Waals surface area contributed by atoms with Crippen LogP contribution in [0.1, 0.15) is 25.0 Å². The molecule has 0 atom stereocenters. The zero-order valence-electron chi connectivity index (χ0n) is 10.9. The highest BCUT2D eigenvalue weighted by atomic mass is 16.6. The van der Waals surface area contributed by atoms with Gasteiger partial charge in [0.05, 0.1) is 10.6 Å². The van der Waals surface area contributed by atoms with E-state index in [-0.39, 0.29) is 23.9 Å². The van der Waals surface area contributed by atoms with E-state index in [4.69, 9.17) is 4.74 Å². The second-order valence-electron chi connectivity index (χ2n) is 4.01. The summed E-state index contributed by atoms with van der Waals surface area (Å²) < 4.78 is 4.85. The molecule has 1 aromatic rings. The molecule has 0 aliphatic carbocycles. The van der Waals surface area contributed by atoms with E-state index in [2.05, 4.69) is 5.32 Å². The minimum Gasteiger partial charge on any atom is -0.461 e. The molecule has 1 rings (SSSR count). The van der Waals surface area contributed by atoms with Gasteiger partial charge in [0.1, 0.15) is 6.61 Å². The smallest absolute Gasteiger partial charge is 0.302 e. The number of ether oxygens (including phenoxy) is 1. The first-order valence-corrected chi connectivity index (χ1v) is 5.50. The summed E-state index contributed by atoms with van der Waals surface area (Å²) in [5, 5.41) is 13.3. The standard InChI is InChI=1S/C12H14N2O5/c1-7-4-10(6-19-9(3)16)11(13-8(2)15)5-12(7)14(17)18/h4-5H,6H2,1-3H3,(H,13,15). The van der Waals surface area contributed by atoms with Gasteiger partial charge in [0.2, 0.25) is 5.91 Å². The number of esters is 1. The summed E-state index contributed by atoms with van der Waals surface area (Å²) in [4.78, 5) is 32.2. The van der Waals surface area contributed by atoms with Crippen LogP contribution in [0.3, 0.4) is 0 Å². The molecule has 1 amide bonds. The molecule has 0 aromatic heterocycles.